The van der Waals surface area contributed by atoms with E-state index in [4.69, 9.17) is 0 Å². The van der Waals surface area contributed by atoms with Gasteiger partial charge in [0.1, 0.15) is 0 Å². The third kappa shape index (κ3) is 1.05. The zero-order valence-electron chi connectivity index (χ0n) is 8.10. The molecular formula is C11H8N2OS. The van der Waals surface area contributed by atoms with E-state index in [2.05, 4.69) is 4.98 Å². The first kappa shape index (κ1) is 8.61. The summed E-state index contributed by atoms with van der Waals surface area (Å²) < 4.78 is 2.43. The number of hydrogen-bond acceptors (Lipinski definition) is 3. The topological polar surface area (TPSA) is 34.4 Å². The highest BCUT2D eigenvalue weighted by Crippen LogP contribution is 2.15. The summed E-state index contributed by atoms with van der Waals surface area (Å²) in [5.74, 6) is 0. The Bertz CT molecular complexity index is 754. The van der Waals surface area contributed by atoms with E-state index in [-0.39, 0.29) is 5.56 Å². The highest BCUT2D eigenvalue weighted by Gasteiger charge is 2.09. The first-order valence-corrected chi connectivity index (χ1v) is 5.49. The van der Waals surface area contributed by atoms with Crippen molar-refractivity contribution in [1.29, 1.82) is 0 Å². The smallest absolute Gasteiger partial charge is 0.267 e. The Morgan fingerprint density at radius 1 is 1.40 bits per heavy atom. The van der Waals surface area contributed by atoms with Crippen molar-refractivity contribution >= 4 is 33.4 Å². The van der Waals surface area contributed by atoms with Gasteiger partial charge in [0, 0.05) is 0 Å². The molecule has 0 bridgehead atoms. The third-order valence-electron chi connectivity index (χ3n) is 2.41. The lowest BCUT2D eigenvalue weighted by atomic mass is 10.3. The molecule has 0 saturated carbocycles. The fourth-order valence-electron chi connectivity index (χ4n) is 1.70. The number of aromatic nitrogens is 2. The van der Waals surface area contributed by atoms with Gasteiger partial charge in [-0.3, -0.25) is 4.79 Å². The van der Waals surface area contributed by atoms with E-state index < -0.39 is 0 Å². The van der Waals surface area contributed by atoms with Crippen molar-refractivity contribution in [2.24, 2.45) is 0 Å². The van der Waals surface area contributed by atoms with Crippen LogP contribution in [0.25, 0.3) is 22.1 Å². The van der Waals surface area contributed by atoms with Gasteiger partial charge in [0.2, 0.25) is 0 Å². The summed E-state index contributed by atoms with van der Waals surface area (Å²) in [7, 11) is 0. The van der Waals surface area contributed by atoms with Crippen molar-refractivity contribution < 1.29 is 0 Å². The van der Waals surface area contributed by atoms with Gasteiger partial charge in [-0.05, 0) is 19.1 Å². The minimum Gasteiger partial charge on any atom is -0.267 e. The number of nitrogens with zero attached hydrogens (tertiary/aromatic N) is 2. The maximum Gasteiger partial charge on any atom is 0.274 e. The van der Waals surface area contributed by atoms with Crippen molar-refractivity contribution in [2.45, 2.75) is 6.92 Å². The molecule has 0 unspecified atom stereocenters. The number of thiazole rings is 1. The molecule has 3 aromatic rings. The molecule has 2 aromatic heterocycles. The Labute approximate surface area is 89.3 Å². The summed E-state index contributed by atoms with van der Waals surface area (Å²) in [5.41, 5.74) is 1.80. The number of hydrogen-bond donors (Lipinski definition) is 0. The Morgan fingerprint density at radius 3 is 3.00 bits per heavy atom. The highest BCUT2D eigenvalue weighted by molar-refractivity contribution is 7.15. The molecule has 3 nitrogen and oxygen atoms in total. The van der Waals surface area contributed by atoms with Gasteiger partial charge < -0.3 is 0 Å². The van der Waals surface area contributed by atoms with Crippen LogP contribution in [0, 0.1) is 0 Å². The average Bonchev–Trinajstić information content (AvgIpc) is 2.75. The van der Waals surface area contributed by atoms with E-state index in [9.17, 15) is 4.79 Å². The Kier molecular flexibility index (Phi) is 1.67. The first-order chi connectivity index (χ1) is 7.31. The molecule has 0 aliphatic carbocycles. The lowest BCUT2D eigenvalue weighted by Gasteiger charge is -1.86. The number of fused-ring (bicyclic) bond motifs is 3. The van der Waals surface area contributed by atoms with Gasteiger partial charge in [0.25, 0.3) is 5.56 Å². The first-order valence-electron chi connectivity index (χ1n) is 4.67. The van der Waals surface area contributed by atoms with Crippen LogP contribution in [0.15, 0.2) is 29.1 Å². The SMILES string of the molecule is C/C=c1\sc2nc3ccccc3n2c1=O. The Morgan fingerprint density at radius 2 is 2.20 bits per heavy atom. The molecular weight excluding hydrogens is 208 g/mol. The van der Waals surface area contributed by atoms with Gasteiger partial charge >= 0.3 is 0 Å². The highest BCUT2D eigenvalue weighted by atomic mass is 32.1. The molecule has 0 aliphatic heterocycles. The third-order valence-corrected chi connectivity index (χ3v) is 3.49. The molecule has 0 N–H and O–H groups in total. The summed E-state index contributed by atoms with van der Waals surface area (Å²) in [6.07, 6.45) is 1.83. The molecule has 0 radical (unpaired) electrons. The standard InChI is InChI=1S/C11H8N2OS/c1-2-9-10(14)13-8-6-4-3-5-7(8)12-11(13)15-9/h2-6H,1H3/b9-2-. The minimum atomic E-state index is 0.0335. The molecule has 15 heavy (non-hydrogen) atoms. The van der Waals surface area contributed by atoms with Gasteiger partial charge in [-0.1, -0.05) is 29.5 Å². The van der Waals surface area contributed by atoms with Gasteiger partial charge in [-0.2, -0.15) is 0 Å². The van der Waals surface area contributed by atoms with Crippen molar-refractivity contribution in [2.75, 3.05) is 0 Å². The van der Waals surface area contributed by atoms with Crippen molar-refractivity contribution in [3.63, 3.8) is 0 Å². The van der Waals surface area contributed by atoms with Gasteiger partial charge in [-0.15, -0.1) is 0 Å². The predicted molar refractivity (Wildman–Crippen MR) is 62.2 cm³/mol. The second-order valence-electron chi connectivity index (χ2n) is 3.28. The lowest BCUT2D eigenvalue weighted by Crippen LogP contribution is -2.21. The van der Waals surface area contributed by atoms with Crippen molar-refractivity contribution in [3.05, 3.63) is 39.2 Å². The van der Waals surface area contributed by atoms with Crippen LogP contribution in [0.3, 0.4) is 0 Å². The van der Waals surface area contributed by atoms with Crippen LogP contribution in [-0.2, 0) is 0 Å². The summed E-state index contributed by atoms with van der Waals surface area (Å²) in [4.78, 5) is 17.1. The maximum absolute atomic E-state index is 11.9. The fourth-order valence-corrected chi connectivity index (χ4v) is 2.61. The fraction of sp³-hybridized carbons (Fsp3) is 0.0909. The molecule has 2 heterocycles. The van der Waals surface area contributed by atoms with Gasteiger partial charge in [-0.25, -0.2) is 9.38 Å². The zero-order chi connectivity index (χ0) is 10.4. The number of rotatable bonds is 0. The summed E-state index contributed by atoms with van der Waals surface area (Å²) >= 11 is 1.43. The van der Waals surface area contributed by atoms with Gasteiger partial charge in [0.15, 0.2) is 4.96 Å². The minimum absolute atomic E-state index is 0.0335. The second kappa shape index (κ2) is 2.90. The van der Waals surface area contributed by atoms with E-state index in [0.29, 0.717) is 0 Å². The predicted octanol–water partition coefficient (Wildman–Crippen LogP) is 1.43. The quantitative estimate of drug-likeness (QED) is 0.569. The number of benzene rings is 1. The van der Waals surface area contributed by atoms with E-state index in [0.717, 1.165) is 20.5 Å². The van der Waals surface area contributed by atoms with Crippen LogP contribution < -0.4 is 10.1 Å². The molecule has 1 aromatic carbocycles. The summed E-state index contributed by atoms with van der Waals surface area (Å²) in [6, 6.07) is 7.69. The van der Waals surface area contributed by atoms with E-state index >= 15 is 0 Å². The van der Waals surface area contributed by atoms with E-state index in [1.165, 1.54) is 11.3 Å². The zero-order valence-corrected chi connectivity index (χ0v) is 8.91. The molecule has 3 rings (SSSR count). The van der Waals surface area contributed by atoms with Crippen LogP contribution in [0.5, 0.6) is 0 Å². The van der Waals surface area contributed by atoms with Crippen molar-refractivity contribution in [1.82, 2.24) is 9.38 Å². The normalized spacial score (nSPS) is 13.0. The monoisotopic (exact) mass is 216 g/mol. The van der Waals surface area contributed by atoms with Crippen LogP contribution in [0.1, 0.15) is 6.92 Å². The van der Waals surface area contributed by atoms with Crippen LogP contribution in [0.4, 0.5) is 0 Å². The largest absolute Gasteiger partial charge is 0.274 e. The number of imidazole rings is 1. The molecule has 0 saturated heterocycles. The van der Waals surface area contributed by atoms with E-state index in [1.807, 2.05) is 37.3 Å². The Balaban J connectivity index is 2.69. The number of para-hydroxylation sites is 2. The average molecular weight is 216 g/mol. The molecule has 4 heteroatoms. The molecule has 0 aliphatic rings. The summed E-state index contributed by atoms with van der Waals surface area (Å²) in [5, 5.41) is 0. The maximum atomic E-state index is 11.9. The van der Waals surface area contributed by atoms with Crippen LogP contribution >= 0.6 is 11.3 Å². The van der Waals surface area contributed by atoms with Crippen LogP contribution in [0.2, 0.25) is 0 Å². The van der Waals surface area contributed by atoms with E-state index in [1.54, 1.807) is 4.40 Å². The lowest BCUT2D eigenvalue weighted by molar-refractivity contribution is 1.19. The van der Waals surface area contributed by atoms with Crippen LogP contribution in [-0.4, -0.2) is 9.38 Å². The van der Waals surface area contributed by atoms with Crippen molar-refractivity contribution in [3.8, 4) is 0 Å². The summed E-state index contributed by atoms with van der Waals surface area (Å²) in [6.45, 7) is 1.87. The molecule has 0 spiro atoms. The second-order valence-corrected chi connectivity index (χ2v) is 4.29. The molecule has 0 atom stereocenters. The molecule has 74 valence electrons. The Hall–Kier alpha value is -1.68. The van der Waals surface area contributed by atoms with Gasteiger partial charge in [0.05, 0.1) is 15.6 Å². The molecule has 0 amide bonds. The molecule has 0 fully saturated rings.